The van der Waals surface area contributed by atoms with Crippen LogP contribution in [0.15, 0.2) is 29.2 Å². The van der Waals surface area contributed by atoms with Crippen LogP contribution in [0.25, 0.3) is 0 Å². The molecule has 0 aliphatic heterocycles. The SMILES string of the molecule is CCCNS(=O)(=O)c1ccccc1NC(CCO)C(C)C. The number of hydrogen-bond acceptors (Lipinski definition) is 4. The molecule has 21 heavy (non-hydrogen) atoms. The van der Waals surface area contributed by atoms with Crippen LogP contribution >= 0.6 is 0 Å². The van der Waals surface area contributed by atoms with E-state index in [9.17, 15) is 8.42 Å². The van der Waals surface area contributed by atoms with Crippen LogP contribution in [0.2, 0.25) is 0 Å². The number of anilines is 1. The van der Waals surface area contributed by atoms with Crippen LogP contribution in [-0.4, -0.2) is 32.7 Å². The predicted molar refractivity (Wildman–Crippen MR) is 85.9 cm³/mol. The Morgan fingerprint density at radius 1 is 1.24 bits per heavy atom. The number of sulfonamides is 1. The van der Waals surface area contributed by atoms with Gasteiger partial charge >= 0.3 is 0 Å². The smallest absolute Gasteiger partial charge is 0.242 e. The lowest BCUT2D eigenvalue weighted by Gasteiger charge is -2.24. The number of rotatable bonds is 9. The number of aliphatic hydroxyl groups is 1. The largest absolute Gasteiger partial charge is 0.396 e. The summed E-state index contributed by atoms with van der Waals surface area (Å²) < 4.78 is 27.2. The Morgan fingerprint density at radius 2 is 1.90 bits per heavy atom. The van der Waals surface area contributed by atoms with Gasteiger partial charge in [-0.25, -0.2) is 13.1 Å². The third kappa shape index (κ3) is 5.30. The highest BCUT2D eigenvalue weighted by Gasteiger charge is 2.20. The summed E-state index contributed by atoms with van der Waals surface area (Å²) in [6.45, 7) is 6.49. The van der Waals surface area contributed by atoms with Crippen molar-refractivity contribution in [3.8, 4) is 0 Å². The number of nitrogens with one attached hydrogen (secondary N) is 2. The highest BCUT2D eigenvalue weighted by Crippen LogP contribution is 2.23. The second-order valence-corrected chi connectivity index (χ2v) is 7.14. The van der Waals surface area contributed by atoms with Gasteiger partial charge in [-0.2, -0.15) is 0 Å². The highest BCUT2D eigenvalue weighted by molar-refractivity contribution is 7.89. The zero-order chi connectivity index (χ0) is 15.9. The van der Waals surface area contributed by atoms with E-state index in [4.69, 9.17) is 5.11 Å². The van der Waals surface area contributed by atoms with Crippen LogP contribution in [0.4, 0.5) is 5.69 Å². The zero-order valence-electron chi connectivity index (χ0n) is 13.0. The minimum absolute atomic E-state index is 0.0255. The van der Waals surface area contributed by atoms with Gasteiger partial charge in [-0.05, 0) is 30.9 Å². The van der Waals surface area contributed by atoms with E-state index >= 15 is 0 Å². The van der Waals surface area contributed by atoms with Crippen LogP contribution in [-0.2, 0) is 10.0 Å². The molecule has 6 heteroatoms. The molecule has 0 fully saturated rings. The molecule has 1 aromatic rings. The van der Waals surface area contributed by atoms with Gasteiger partial charge in [0, 0.05) is 19.2 Å². The van der Waals surface area contributed by atoms with Crippen molar-refractivity contribution in [1.82, 2.24) is 4.72 Å². The molecule has 1 aromatic carbocycles. The number of hydrogen-bond donors (Lipinski definition) is 3. The van der Waals surface area contributed by atoms with E-state index in [1.54, 1.807) is 24.3 Å². The standard InChI is InChI=1S/C15H26N2O3S/c1-4-10-16-21(19,20)15-8-6-5-7-14(15)17-13(9-11-18)12(2)3/h5-8,12-13,16-18H,4,9-11H2,1-3H3. The number of aliphatic hydroxyl groups excluding tert-OH is 1. The van der Waals surface area contributed by atoms with Crippen molar-refractivity contribution in [2.75, 3.05) is 18.5 Å². The van der Waals surface area contributed by atoms with E-state index in [-0.39, 0.29) is 23.5 Å². The molecule has 0 heterocycles. The van der Waals surface area contributed by atoms with Crippen LogP contribution in [0.1, 0.15) is 33.6 Å². The summed E-state index contributed by atoms with van der Waals surface area (Å²) in [7, 11) is -3.51. The fraction of sp³-hybridized carbons (Fsp3) is 0.600. The lowest BCUT2D eigenvalue weighted by molar-refractivity contribution is 0.267. The van der Waals surface area contributed by atoms with Gasteiger partial charge in [0.15, 0.2) is 0 Å². The van der Waals surface area contributed by atoms with E-state index in [2.05, 4.69) is 10.0 Å². The molecule has 1 rings (SSSR count). The summed E-state index contributed by atoms with van der Waals surface area (Å²) in [5.74, 6) is 0.288. The maximum Gasteiger partial charge on any atom is 0.242 e. The van der Waals surface area contributed by atoms with Gasteiger partial charge in [0.1, 0.15) is 4.90 Å². The molecule has 0 saturated heterocycles. The van der Waals surface area contributed by atoms with E-state index in [1.807, 2.05) is 20.8 Å². The first kappa shape index (κ1) is 17.9. The van der Waals surface area contributed by atoms with Gasteiger partial charge in [-0.1, -0.05) is 32.9 Å². The summed E-state index contributed by atoms with van der Waals surface area (Å²) in [4.78, 5) is 0.252. The lowest BCUT2D eigenvalue weighted by Crippen LogP contribution is -2.30. The summed E-state index contributed by atoms with van der Waals surface area (Å²) in [5.41, 5.74) is 0.577. The minimum atomic E-state index is -3.51. The van der Waals surface area contributed by atoms with Crippen molar-refractivity contribution in [2.24, 2.45) is 5.92 Å². The molecule has 1 atom stereocenters. The summed E-state index contributed by atoms with van der Waals surface area (Å²) in [6, 6.07) is 6.89. The average Bonchev–Trinajstić information content (AvgIpc) is 2.45. The topological polar surface area (TPSA) is 78.4 Å². The first-order valence-corrected chi connectivity index (χ1v) is 8.86. The predicted octanol–water partition coefficient (Wildman–Crippen LogP) is 2.19. The summed E-state index contributed by atoms with van der Waals surface area (Å²) in [6.07, 6.45) is 1.32. The second kappa shape index (κ2) is 8.36. The Balaban J connectivity index is 3.03. The monoisotopic (exact) mass is 314 g/mol. The van der Waals surface area contributed by atoms with E-state index in [1.165, 1.54) is 0 Å². The molecule has 0 spiro atoms. The van der Waals surface area contributed by atoms with Crippen LogP contribution in [0, 0.1) is 5.92 Å². The minimum Gasteiger partial charge on any atom is -0.396 e. The first-order valence-electron chi connectivity index (χ1n) is 7.38. The Hall–Kier alpha value is -1.11. The molecule has 0 amide bonds. The molecule has 0 saturated carbocycles. The molecule has 0 radical (unpaired) electrons. The van der Waals surface area contributed by atoms with Gasteiger partial charge in [-0.15, -0.1) is 0 Å². The maximum absolute atomic E-state index is 12.3. The van der Waals surface area contributed by atoms with Gasteiger partial charge in [-0.3, -0.25) is 0 Å². The zero-order valence-corrected chi connectivity index (χ0v) is 13.8. The molecule has 3 N–H and O–H groups in total. The molecule has 0 bridgehead atoms. The van der Waals surface area contributed by atoms with Crippen molar-refractivity contribution in [3.05, 3.63) is 24.3 Å². The molecule has 5 nitrogen and oxygen atoms in total. The third-order valence-corrected chi connectivity index (χ3v) is 4.82. The Kier molecular flexibility index (Phi) is 7.14. The summed E-state index contributed by atoms with van der Waals surface area (Å²) >= 11 is 0. The van der Waals surface area contributed by atoms with Crippen molar-refractivity contribution in [3.63, 3.8) is 0 Å². The van der Waals surface area contributed by atoms with Crippen molar-refractivity contribution in [2.45, 2.75) is 44.6 Å². The second-order valence-electron chi connectivity index (χ2n) is 5.40. The fourth-order valence-electron chi connectivity index (χ4n) is 2.05. The normalized spacial score (nSPS) is 13.4. The molecule has 0 aromatic heterocycles. The molecule has 0 aliphatic rings. The lowest BCUT2D eigenvalue weighted by atomic mass is 10.0. The molecule has 1 unspecified atom stereocenters. The van der Waals surface area contributed by atoms with Gasteiger partial charge < -0.3 is 10.4 Å². The van der Waals surface area contributed by atoms with E-state index in [0.717, 1.165) is 6.42 Å². The average molecular weight is 314 g/mol. The Labute approximate surface area is 127 Å². The summed E-state index contributed by atoms with van der Waals surface area (Å²) in [5, 5.41) is 12.4. The fourth-order valence-corrected chi connectivity index (χ4v) is 3.35. The van der Waals surface area contributed by atoms with Crippen molar-refractivity contribution < 1.29 is 13.5 Å². The Morgan fingerprint density at radius 3 is 2.48 bits per heavy atom. The van der Waals surface area contributed by atoms with Crippen LogP contribution in [0.5, 0.6) is 0 Å². The first-order chi connectivity index (χ1) is 9.92. The van der Waals surface area contributed by atoms with Gasteiger partial charge in [0.25, 0.3) is 0 Å². The maximum atomic E-state index is 12.3. The molecular weight excluding hydrogens is 288 g/mol. The van der Waals surface area contributed by atoms with Gasteiger partial charge in [0.2, 0.25) is 10.0 Å². The Bertz CT molecular complexity index is 529. The number of benzene rings is 1. The van der Waals surface area contributed by atoms with Gasteiger partial charge in [0.05, 0.1) is 5.69 Å². The molecule has 120 valence electrons. The number of para-hydroxylation sites is 1. The van der Waals surface area contributed by atoms with E-state index < -0.39 is 10.0 Å². The van der Waals surface area contributed by atoms with E-state index in [0.29, 0.717) is 18.7 Å². The van der Waals surface area contributed by atoms with Crippen LogP contribution in [0.3, 0.4) is 0 Å². The molecule has 0 aliphatic carbocycles. The van der Waals surface area contributed by atoms with Crippen molar-refractivity contribution in [1.29, 1.82) is 0 Å². The highest BCUT2D eigenvalue weighted by atomic mass is 32.2. The molecular formula is C15H26N2O3S. The third-order valence-electron chi connectivity index (χ3n) is 3.30. The quantitative estimate of drug-likeness (QED) is 0.653. The van der Waals surface area contributed by atoms with Crippen LogP contribution < -0.4 is 10.0 Å². The van der Waals surface area contributed by atoms with Crippen molar-refractivity contribution >= 4 is 15.7 Å².